The van der Waals surface area contributed by atoms with Gasteiger partial charge in [-0.15, -0.1) is 0 Å². The molecule has 2 aromatic rings. The molecule has 0 saturated carbocycles. The molecular weight excluding hydrogens is 354 g/mol. The highest BCUT2D eigenvalue weighted by atomic mass is 16.6. The number of carbonyl (C=O) groups excluding carboxylic acids is 2. The van der Waals surface area contributed by atoms with E-state index in [1.165, 1.54) is 11.8 Å². The van der Waals surface area contributed by atoms with E-state index in [-0.39, 0.29) is 23.9 Å². The number of hydrogen-bond donors (Lipinski definition) is 0. The molecule has 3 unspecified atom stereocenters. The Morgan fingerprint density at radius 2 is 1.82 bits per heavy atom. The molecule has 0 aromatic heterocycles. The number of benzene rings is 2. The summed E-state index contributed by atoms with van der Waals surface area (Å²) in [5, 5.41) is 0. The molecule has 1 aliphatic carbocycles. The average molecular weight is 373 g/mol. The number of hydrogen-bond acceptors (Lipinski definition) is 4. The number of nitrogens with zero attached hydrogens (tertiary/aromatic N) is 1. The zero-order valence-electron chi connectivity index (χ0n) is 15.4. The van der Waals surface area contributed by atoms with Gasteiger partial charge in [0.25, 0.3) is 5.91 Å². The SMILES string of the molecule is CC1=CC(OC=C2C(=O)OC3c4ccccc4CC23)N(c2ccccc2)C1=O. The summed E-state index contributed by atoms with van der Waals surface area (Å²) in [5.41, 5.74) is 4.17. The largest absolute Gasteiger partial charge is 0.473 e. The fourth-order valence-electron chi connectivity index (χ4n) is 4.21. The number of esters is 1. The van der Waals surface area contributed by atoms with Gasteiger partial charge in [-0.25, -0.2) is 4.79 Å². The van der Waals surface area contributed by atoms with Crippen LogP contribution in [-0.4, -0.2) is 18.1 Å². The molecule has 5 rings (SSSR count). The van der Waals surface area contributed by atoms with Gasteiger partial charge in [-0.2, -0.15) is 0 Å². The van der Waals surface area contributed by atoms with E-state index >= 15 is 0 Å². The zero-order valence-corrected chi connectivity index (χ0v) is 15.4. The monoisotopic (exact) mass is 373 g/mol. The lowest BCUT2D eigenvalue weighted by Crippen LogP contribution is -2.35. The van der Waals surface area contributed by atoms with Crippen LogP contribution in [-0.2, 0) is 25.5 Å². The number of anilines is 1. The van der Waals surface area contributed by atoms with E-state index < -0.39 is 6.23 Å². The number of para-hydroxylation sites is 1. The van der Waals surface area contributed by atoms with Gasteiger partial charge < -0.3 is 9.47 Å². The molecule has 2 heterocycles. The minimum Gasteiger partial charge on any atom is -0.473 e. The Morgan fingerprint density at radius 1 is 1.07 bits per heavy atom. The molecule has 0 spiro atoms. The van der Waals surface area contributed by atoms with Crippen molar-refractivity contribution in [2.45, 2.75) is 25.7 Å². The third kappa shape index (κ3) is 2.54. The Kier molecular flexibility index (Phi) is 3.83. The van der Waals surface area contributed by atoms with E-state index in [1.807, 2.05) is 48.5 Å². The van der Waals surface area contributed by atoms with Gasteiger partial charge >= 0.3 is 5.97 Å². The van der Waals surface area contributed by atoms with Gasteiger partial charge in [-0.05, 0) is 42.7 Å². The summed E-state index contributed by atoms with van der Waals surface area (Å²) in [6.07, 6.45) is 3.18. The molecule has 140 valence electrons. The first-order chi connectivity index (χ1) is 13.6. The maximum absolute atomic E-state index is 12.6. The van der Waals surface area contributed by atoms with Crippen LogP contribution in [0, 0.1) is 5.92 Å². The van der Waals surface area contributed by atoms with Crippen molar-refractivity contribution >= 4 is 17.6 Å². The van der Waals surface area contributed by atoms with Crippen molar-refractivity contribution in [1.29, 1.82) is 0 Å². The van der Waals surface area contributed by atoms with Gasteiger partial charge in [-0.3, -0.25) is 9.69 Å². The molecule has 3 aliphatic rings. The molecule has 0 bridgehead atoms. The van der Waals surface area contributed by atoms with Gasteiger partial charge in [0.15, 0.2) is 6.23 Å². The van der Waals surface area contributed by atoms with Crippen LogP contribution in [0.2, 0.25) is 0 Å². The third-order valence-corrected chi connectivity index (χ3v) is 5.61. The number of amides is 1. The second-order valence-electron chi connectivity index (χ2n) is 7.30. The van der Waals surface area contributed by atoms with Crippen LogP contribution in [0.4, 0.5) is 5.69 Å². The van der Waals surface area contributed by atoms with Gasteiger partial charge in [-0.1, -0.05) is 42.5 Å². The highest BCUT2D eigenvalue weighted by Crippen LogP contribution is 2.47. The summed E-state index contributed by atoms with van der Waals surface area (Å²) in [5.74, 6) is -0.493. The molecular formula is C23H19NO4. The van der Waals surface area contributed by atoms with E-state index in [1.54, 1.807) is 17.9 Å². The molecule has 5 nitrogen and oxygen atoms in total. The normalized spacial score (nSPS) is 26.9. The molecule has 5 heteroatoms. The smallest absolute Gasteiger partial charge is 0.338 e. The van der Waals surface area contributed by atoms with Gasteiger partial charge in [0, 0.05) is 17.2 Å². The van der Waals surface area contributed by atoms with Crippen molar-refractivity contribution in [3.63, 3.8) is 0 Å². The van der Waals surface area contributed by atoms with Crippen LogP contribution in [0.25, 0.3) is 0 Å². The fraction of sp³-hybridized carbons (Fsp3) is 0.217. The first kappa shape index (κ1) is 16.8. The lowest BCUT2D eigenvalue weighted by molar-refractivity contribution is -0.139. The Bertz CT molecular complexity index is 1020. The number of carbonyl (C=O) groups is 2. The standard InChI is InChI=1S/C23H19NO4/c1-14-11-20(24(22(14)25)16-8-3-2-4-9-16)27-13-19-18-12-15-7-5-6-10-17(15)21(18)28-23(19)26/h2-11,13,18,20-21H,12H2,1H3. The molecule has 0 radical (unpaired) electrons. The second-order valence-corrected chi connectivity index (χ2v) is 7.30. The quantitative estimate of drug-likeness (QED) is 0.468. The summed E-state index contributed by atoms with van der Waals surface area (Å²) in [7, 11) is 0. The van der Waals surface area contributed by atoms with Gasteiger partial charge in [0.1, 0.15) is 6.10 Å². The molecule has 1 saturated heterocycles. The molecule has 3 atom stereocenters. The van der Waals surface area contributed by atoms with Crippen molar-refractivity contribution in [2.24, 2.45) is 5.92 Å². The molecule has 1 fully saturated rings. The summed E-state index contributed by atoms with van der Waals surface area (Å²) < 4.78 is 11.5. The van der Waals surface area contributed by atoms with Crippen molar-refractivity contribution in [1.82, 2.24) is 0 Å². The number of rotatable bonds is 3. The van der Waals surface area contributed by atoms with Gasteiger partial charge in [0.05, 0.1) is 11.8 Å². The van der Waals surface area contributed by atoms with E-state index in [4.69, 9.17) is 9.47 Å². The molecule has 2 aromatic carbocycles. The van der Waals surface area contributed by atoms with Crippen LogP contribution >= 0.6 is 0 Å². The minimum atomic E-state index is -0.585. The second kappa shape index (κ2) is 6.37. The lowest BCUT2D eigenvalue weighted by atomic mass is 9.98. The third-order valence-electron chi connectivity index (χ3n) is 5.61. The van der Waals surface area contributed by atoms with Gasteiger partial charge in [0.2, 0.25) is 0 Å². The summed E-state index contributed by atoms with van der Waals surface area (Å²) in [4.78, 5) is 26.6. The summed E-state index contributed by atoms with van der Waals surface area (Å²) >= 11 is 0. The Morgan fingerprint density at radius 3 is 2.64 bits per heavy atom. The van der Waals surface area contributed by atoms with Crippen LogP contribution in [0.15, 0.2) is 78.1 Å². The zero-order chi connectivity index (χ0) is 19.3. The van der Waals surface area contributed by atoms with E-state index in [2.05, 4.69) is 6.07 Å². The van der Waals surface area contributed by atoms with Crippen LogP contribution in [0.5, 0.6) is 0 Å². The Balaban J connectivity index is 1.41. The molecule has 28 heavy (non-hydrogen) atoms. The molecule has 1 amide bonds. The van der Waals surface area contributed by atoms with Crippen molar-refractivity contribution in [2.75, 3.05) is 4.90 Å². The molecule has 0 N–H and O–H groups in total. The maximum Gasteiger partial charge on any atom is 0.338 e. The predicted octanol–water partition coefficient (Wildman–Crippen LogP) is 3.68. The highest BCUT2D eigenvalue weighted by molar-refractivity contribution is 6.08. The van der Waals surface area contributed by atoms with Crippen LogP contribution in [0.1, 0.15) is 24.2 Å². The van der Waals surface area contributed by atoms with E-state index in [0.717, 1.165) is 17.7 Å². The van der Waals surface area contributed by atoms with Crippen molar-refractivity contribution in [3.05, 3.63) is 89.2 Å². The highest BCUT2D eigenvalue weighted by Gasteiger charge is 2.46. The number of ether oxygens (including phenoxy) is 2. The summed E-state index contributed by atoms with van der Waals surface area (Å²) in [6.45, 7) is 1.77. The summed E-state index contributed by atoms with van der Waals surface area (Å²) in [6, 6.07) is 17.4. The Labute approximate surface area is 162 Å². The minimum absolute atomic E-state index is 0.0442. The Hall–Kier alpha value is -3.34. The molecule has 2 aliphatic heterocycles. The fourth-order valence-corrected chi connectivity index (χ4v) is 4.21. The maximum atomic E-state index is 12.6. The lowest BCUT2D eigenvalue weighted by Gasteiger charge is -2.24. The number of fused-ring (bicyclic) bond motifs is 3. The van der Waals surface area contributed by atoms with Crippen LogP contribution < -0.4 is 4.90 Å². The topological polar surface area (TPSA) is 55.8 Å². The van der Waals surface area contributed by atoms with E-state index in [0.29, 0.717) is 11.1 Å². The first-order valence-corrected chi connectivity index (χ1v) is 9.35. The van der Waals surface area contributed by atoms with E-state index in [9.17, 15) is 9.59 Å². The van der Waals surface area contributed by atoms with Crippen LogP contribution in [0.3, 0.4) is 0 Å². The predicted molar refractivity (Wildman–Crippen MR) is 103 cm³/mol. The van der Waals surface area contributed by atoms with Crippen molar-refractivity contribution < 1.29 is 19.1 Å². The average Bonchev–Trinajstić information content (AvgIpc) is 3.31. The first-order valence-electron chi connectivity index (χ1n) is 9.35. The van der Waals surface area contributed by atoms with Crippen molar-refractivity contribution in [3.8, 4) is 0 Å².